The summed E-state index contributed by atoms with van der Waals surface area (Å²) in [4.78, 5) is 12.9. The van der Waals surface area contributed by atoms with Gasteiger partial charge < -0.3 is 14.8 Å². The van der Waals surface area contributed by atoms with Gasteiger partial charge in [-0.2, -0.15) is 0 Å². The number of rotatable bonds is 6. The number of fused-ring (bicyclic) bond motifs is 1. The molecule has 0 aliphatic carbocycles. The largest absolute Gasteiger partial charge is 0.494 e. The van der Waals surface area contributed by atoms with Crippen molar-refractivity contribution in [1.82, 2.24) is 0 Å². The van der Waals surface area contributed by atoms with Crippen LogP contribution in [0.4, 0.5) is 5.69 Å². The van der Waals surface area contributed by atoms with Gasteiger partial charge in [0.25, 0.3) is 5.91 Å². The number of amides is 1. The van der Waals surface area contributed by atoms with E-state index in [-0.39, 0.29) is 5.91 Å². The summed E-state index contributed by atoms with van der Waals surface area (Å²) in [5, 5.41) is 2.97. The smallest absolute Gasteiger partial charge is 0.251 e. The van der Waals surface area contributed by atoms with Crippen molar-refractivity contribution in [2.75, 3.05) is 18.5 Å². The average molecular weight is 434 g/mol. The first-order chi connectivity index (χ1) is 15.2. The van der Waals surface area contributed by atoms with Crippen LogP contribution in [0.15, 0.2) is 72.3 Å². The van der Waals surface area contributed by atoms with Crippen LogP contribution in [-0.2, 0) is 10.7 Å². The molecule has 4 rings (SSSR count). The van der Waals surface area contributed by atoms with Crippen LogP contribution in [0, 0.1) is 0 Å². The Hall–Kier alpha value is -3.24. The molecule has 4 nitrogen and oxygen atoms in total. The maximum atomic E-state index is 12.9. The van der Waals surface area contributed by atoms with Gasteiger partial charge in [0.2, 0.25) is 0 Å². The van der Waals surface area contributed by atoms with Crippen molar-refractivity contribution in [2.24, 2.45) is 0 Å². The number of carbonyl (C=O) groups excluding carboxylic acids is 1. The molecule has 1 aliphatic rings. The highest BCUT2D eigenvalue weighted by atomic mass is 35.5. The molecule has 0 spiro atoms. The van der Waals surface area contributed by atoms with E-state index in [4.69, 9.17) is 21.1 Å². The zero-order valence-electron chi connectivity index (χ0n) is 17.4. The van der Waals surface area contributed by atoms with Crippen molar-refractivity contribution >= 4 is 29.3 Å². The van der Waals surface area contributed by atoms with Gasteiger partial charge in [0.1, 0.15) is 11.5 Å². The normalized spacial score (nSPS) is 12.8. The van der Waals surface area contributed by atoms with Gasteiger partial charge in [-0.1, -0.05) is 30.3 Å². The third kappa shape index (κ3) is 5.09. The number of alkyl halides is 1. The van der Waals surface area contributed by atoms with E-state index in [2.05, 4.69) is 11.4 Å². The summed E-state index contributed by atoms with van der Waals surface area (Å²) in [7, 11) is 0. The van der Waals surface area contributed by atoms with Crippen molar-refractivity contribution < 1.29 is 14.3 Å². The van der Waals surface area contributed by atoms with Gasteiger partial charge in [-0.05, 0) is 66.1 Å². The van der Waals surface area contributed by atoms with E-state index < -0.39 is 0 Å². The molecule has 0 fully saturated rings. The van der Waals surface area contributed by atoms with Crippen molar-refractivity contribution in [2.45, 2.75) is 19.2 Å². The molecule has 158 valence electrons. The summed E-state index contributed by atoms with van der Waals surface area (Å²) in [6.45, 7) is 3.07. The van der Waals surface area contributed by atoms with Crippen LogP contribution in [0.25, 0.3) is 17.2 Å². The molecule has 3 aromatic rings. The third-order valence-corrected chi connectivity index (χ3v) is 5.43. The van der Waals surface area contributed by atoms with E-state index in [1.165, 1.54) is 0 Å². The number of carbonyl (C=O) groups is 1. The fourth-order valence-electron chi connectivity index (χ4n) is 3.48. The average Bonchev–Trinajstić information content (AvgIpc) is 3.02. The molecule has 0 aromatic heterocycles. The lowest BCUT2D eigenvalue weighted by atomic mass is 10.0. The predicted octanol–water partition coefficient (Wildman–Crippen LogP) is 6.30. The summed E-state index contributed by atoms with van der Waals surface area (Å²) in [6, 6.07) is 21.6. The molecule has 1 heterocycles. The Morgan fingerprint density at radius 1 is 1.03 bits per heavy atom. The molecule has 0 saturated heterocycles. The molecule has 1 aliphatic heterocycles. The fraction of sp³-hybridized carbons (Fsp3) is 0.192. The number of benzene rings is 3. The number of hydrogen-bond acceptors (Lipinski definition) is 3. The van der Waals surface area contributed by atoms with E-state index in [0.717, 1.165) is 39.4 Å². The Morgan fingerprint density at radius 2 is 1.77 bits per heavy atom. The molecular weight excluding hydrogens is 410 g/mol. The van der Waals surface area contributed by atoms with Crippen LogP contribution in [-0.4, -0.2) is 19.1 Å². The summed E-state index contributed by atoms with van der Waals surface area (Å²) in [5.74, 6) is 1.96. The van der Waals surface area contributed by atoms with Gasteiger partial charge in [0.05, 0.1) is 13.2 Å². The molecule has 0 bridgehead atoms. The first-order valence-corrected chi connectivity index (χ1v) is 10.9. The zero-order chi connectivity index (χ0) is 21.6. The minimum absolute atomic E-state index is 0.124. The molecule has 0 saturated carbocycles. The van der Waals surface area contributed by atoms with Crippen molar-refractivity contribution in [3.8, 4) is 22.6 Å². The maximum Gasteiger partial charge on any atom is 0.251 e. The highest BCUT2D eigenvalue weighted by molar-refractivity contribution is 6.17. The van der Waals surface area contributed by atoms with E-state index in [1.54, 1.807) is 0 Å². The Kier molecular flexibility index (Phi) is 6.58. The molecule has 3 aromatic carbocycles. The molecule has 0 unspecified atom stereocenters. The number of hydrogen-bond donors (Lipinski definition) is 1. The summed E-state index contributed by atoms with van der Waals surface area (Å²) in [6.07, 6.45) is 2.46. The van der Waals surface area contributed by atoms with Gasteiger partial charge in [0, 0.05) is 29.1 Å². The first-order valence-electron chi connectivity index (χ1n) is 10.3. The van der Waals surface area contributed by atoms with Crippen molar-refractivity contribution in [3.63, 3.8) is 0 Å². The number of anilines is 1. The van der Waals surface area contributed by atoms with Crippen LogP contribution >= 0.6 is 11.6 Å². The van der Waals surface area contributed by atoms with Crippen molar-refractivity contribution in [1.29, 1.82) is 0 Å². The van der Waals surface area contributed by atoms with Crippen LogP contribution in [0.5, 0.6) is 11.5 Å². The number of ether oxygens (including phenoxy) is 2. The Bertz CT molecular complexity index is 1090. The van der Waals surface area contributed by atoms with Gasteiger partial charge in [-0.15, -0.1) is 11.6 Å². The lowest BCUT2D eigenvalue weighted by Crippen LogP contribution is -2.15. The minimum Gasteiger partial charge on any atom is -0.494 e. The molecule has 0 radical (unpaired) electrons. The molecule has 31 heavy (non-hydrogen) atoms. The maximum absolute atomic E-state index is 12.9. The lowest BCUT2D eigenvalue weighted by molar-refractivity contribution is -0.113. The Labute approximate surface area is 187 Å². The Balaban J connectivity index is 1.57. The molecule has 1 N–H and O–H groups in total. The monoisotopic (exact) mass is 433 g/mol. The quantitative estimate of drug-likeness (QED) is 0.464. The van der Waals surface area contributed by atoms with Crippen LogP contribution in [0.1, 0.15) is 24.5 Å². The zero-order valence-corrected chi connectivity index (χ0v) is 18.1. The van der Waals surface area contributed by atoms with Crippen LogP contribution in [0.2, 0.25) is 0 Å². The van der Waals surface area contributed by atoms with E-state index in [0.29, 0.717) is 31.1 Å². The first kappa shape index (κ1) is 21.0. The van der Waals surface area contributed by atoms with E-state index in [1.807, 2.05) is 73.7 Å². The molecule has 0 atom stereocenters. The highest BCUT2D eigenvalue weighted by Crippen LogP contribution is 2.32. The molecular formula is C26H24ClNO3. The fourth-order valence-corrected chi connectivity index (χ4v) is 3.66. The van der Waals surface area contributed by atoms with Gasteiger partial charge in [0.15, 0.2) is 0 Å². The van der Waals surface area contributed by atoms with Crippen LogP contribution in [0.3, 0.4) is 0 Å². The van der Waals surface area contributed by atoms with Gasteiger partial charge in [-0.25, -0.2) is 0 Å². The van der Waals surface area contributed by atoms with Crippen LogP contribution < -0.4 is 14.8 Å². The lowest BCUT2D eigenvalue weighted by Gasteiger charge is -2.09. The van der Waals surface area contributed by atoms with Gasteiger partial charge in [-0.3, -0.25) is 4.79 Å². The second-order valence-corrected chi connectivity index (χ2v) is 7.53. The van der Waals surface area contributed by atoms with E-state index >= 15 is 0 Å². The molecule has 1 amide bonds. The summed E-state index contributed by atoms with van der Waals surface area (Å²) >= 11 is 5.83. The molecule has 5 heteroatoms. The second kappa shape index (κ2) is 9.71. The Morgan fingerprint density at radius 3 is 2.48 bits per heavy atom. The predicted molar refractivity (Wildman–Crippen MR) is 126 cm³/mol. The minimum atomic E-state index is -0.124. The van der Waals surface area contributed by atoms with Crippen molar-refractivity contribution in [3.05, 3.63) is 83.4 Å². The number of nitrogens with one attached hydrogen (secondary N) is 1. The topological polar surface area (TPSA) is 47.6 Å². The SMILES string of the molecule is CCOc1ccc(-c2ccc3c(c2)C=C(C(=O)Nc2ccc(CCl)cc2)CCO3)cc1. The standard InChI is InChI=1S/C26H24ClNO3/c1-2-30-24-10-5-19(6-11-24)20-7-12-25-22(15-20)16-21(13-14-31-25)26(29)28-23-8-3-18(17-27)4-9-23/h3-12,15-16H,2,13-14,17H2,1H3,(H,28,29). The third-order valence-electron chi connectivity index (χ3n) is 5.12. The second-order valence-electron chi connectivity index (χ2n) is 7.26. The summed E-state index contributed by atoms with van der Waals surface area (Å²) < 4.78 is 11.4. The van der Waals surface area contributed by atoms with Gasteiger partial charge >= 0.3 is 0 Å². The summed E-state index contributed by atoms with van der Waals surface area (Å²) in [5.41, 5.74) is 5.47. The highest BCUT2D eigenvalue weighted by Gasteiger charge is 2.16. The number of halogens is 1. The van der Waals surface area contributed by atoms with E-state index in [9.17, 15) is 4.79 Å².